The fraction of sp³-hybridized carbons (Fsp3) is 0.409. The summed E-state index contributed by atoms with van der Waals surface area (Å²) >= 11 is 6.23. The van der Waals surface area contributed by atoms with Crippen LogP contribution < -0.4 is 5.32 Å². The van der Waals surface area contributed by atoms with Gasteiger partial charge >= 0.3 is 0 Å². The second-order valence-corrected chi connectivity index (χ2v) is 10.2. The monoisotopic (exact) mass is 449 g/mol. The van der Waals surface area contributed by atoms with Gasteiger partial charge < -0.3 is 10.2 Å². The zero-order valence-corrected chi connectivity index (χ0v) is 19.3. The van der Waals surface area contributed by atoms with Crippen molar-refractivity contribution in [3.63, 3.8) is 0 Å². The van der Waals surface area contributed by atoms with E-state index in [2.05, 4.69) is 10.2 Å². The number of carbonyl (C=O) groups is 1. The predicted octanol–water partition coefficient (Wildman–Crippen LogP) is 3.38. The third kappa shape index (κ3) is 4.86. The summed E-state index contributed by atoms with van der Waals surface area (Å²) in [6.07, 6.45) is 0. The Bertz CT molecular complexity index is 1050. The van der Waals surface area contributed by atoms with Crippen molar-refractivity contribution >= 4 is 27.5 Å². The number of benzene rings is 2. The number of rotatable bonds is 5. The first-order chi connectivity index (χ1) is 14.1. The van der Waals surface area contributed by atoms with Gasteiger partial charge in [0.2, 0.25) is 10.0 Å². The Labute approximate surface area is 183 Å². The van der Waals surface area contributed by atoms with Crippen LogP contribution in [0.15, 0.2) is 41.3 Å². The van der Waals surface area contributed by atoms with Crippen molar-refractivity contribution in [3.05, 3.63) is 63.7 Å². The number of amides is 1. The first-order valence-corrected chi connectivity index (χ1v) is 11.8. The summed E-state index contributed by atoms with van der Waals surface area (Å²) in [5.41, 5.74) is 3.50. The summed E-state index contributed by atoms with van der Waals surface area (Å²) in [5.74, 6) is -0.338. The van der Waals surface area contributed by atoms with Crippen LogP contribution in [0.4, 0.5) is 0 Å². The molecular formula is C22H28ClN3O3S. The molecule has 0 bridgehead atoms. The second kappa shape index (κ2) is 9.06. The van der Waals surface area contributed by atoms with Gasteiger partial charge in [0.05, 0.1) is 11.1 Å². The largest absolute Gasteiger partial charge is 0.346 e. The minimum atomic E-state index is -3.77. The van der Waals surface area contributed by atoms with E-state index in [0.717, 1.165) is 16.7 Å². The van der Waals surface area contributed by atoms with Crippen LogP contribution in [0.1, 0.15) is 40.0 Å². The fourth-order valence-corrected chi connectivity index (χ4v) is 5.52. The normalized spacial score (nSPS) is 17.0. The van der Waals surface area contributed by atoms with E-state index in [0.29, 0.717) is 26.2 Å². The van der Waals surface area contributed by atoms with Crippen molar-refractivity contribution < 1.29 is 13.2 Å². The molecule has 0 radical (unpaired) electrons. The van der Waals surface area contributed by atoms with Gasteiger partial charge in [-0.15, -0.1) is 0 Å². The summed E-state index contributed by atoms with van der Waals surface area (Å²) in [6, 6.07) is 10.3. The molecule has 6 nitrogen and oxygen atoms in total. The molecule has 3 rings (SSSR count). The van der Waals surface area contributed by atoms with Crippen LogP contribution in [0.2, 0.25) is 5.02 Å². The quantitative estimate of drug-likeness (QED) is 0.759. The predicted molar refractivity (Wildman–Crippen MR) is 120 cm³/mol. The Morgan fingerprint density at radius 3 is 2.40 bits per heavy atom. The number of carbonyl (C=O) groups excluding carboxylic acids is 1. The molecule has 2 aromatic rings. The molecule has 1 N–H and O–H groups in total. The third-order valence-electron chi connectivity index (χ3n) is 5.52. The van der Waals surface area contributed by atoms with Crippen molar-refractivity contribution in [2.24, 2.45) is 0 Å². The highest BCUT2D eigenvalue weighted by Crippen LogP contribution is 2.27. The van der Waals surface area contributed by atoms with E-state index < -0.39 is 10.0 Å². The van der Waals surface area contributed by atoms with E-state index in [1.807, 2.05) is 46.0 Å². The van der Waals surface area contributed by atoms with E-state index in [1.165, 1.54) is 16.4 Å². The van der Waals surface area contributed by atoms with E-state index in [-0.39, 0.29) is 27.4 Å². The first-order valence-electron chi connectivity index (χ1n) is 9.96. The molecule has 1 aliphatic heterocycles. The Morgan fingerprint density at radius 2 is 1.73 bits per heavy atom. The summed E-state index contributed by atoms with van der Waals surface area (Å²) in [6.45, 7) is 8.03. The van der Waals surface area contributed by atoms with E-state index in [4.69, 9.17) is 11.6 Å². The van der Waals surface area contributed by atoms with Gasteiger partial charge in [-0.25, -0.2) is 8.42 Å². The highest BCUT2D eigenvalue weighted by molar-refractivity contribution is 7.89. The molecule has 30 heavy (non-hydrogen) atoms. The maximum atomic E-state index is 13.1. The molecule has 1 atom stereocenters. The minimum absolute atomic E-state index is 0.0271. The smallest absolute Gasteiger partial charge is 0.251 e. The SMILES string of the molecule is Cc1ccc(C)c([C@H](C)NC(=O)c2ccc(Cl)c(S(=O)(=O)N3CCN(C)CC3)c2)c1. The van der Waals surface area contributed by atoms with Crippen LogP contribution in [0.3, 0.4) is 0 Å². The summed E-state index contributed by atoms with van der Waals surface area (Å²) in [4.78, 5) is 14.9. The van der Waals surface area contributed by atoms with Crippen LogP contribution in [0, 0.1) is 13.8 Å². The van der Waals surface area contributed by atoms with Crippen molar-refractivity contribution in [2.45, 2.75) is 31.7 Å². The molecule has 1 aliphatic rings. The lowest BCUT2D eigenvalue weighted by molar-refractivity contribution is 0.0939. The lowest BCUT2D eigenvalue weighted by atomic mass is 10.00. The molecule has 1 fully saturated rings. The van der Waals surface area contributed by atoms with Gasteiger partial charge in [-0.2, -0.15) is 4.31 Å². The molecule has 8 heteroatoms. The molecule has 0 unspecified atom stereocenters. The lowest BCUT2D eigenvalue weighted by Crippen LogP contribution is -2.47. The number of hydrogen-bond acceptors (Lipinski definition) is 4. The first kappa shape index (κ1) is 22.7. The number of halogens is 1. The molecule has 1 saturated heterocycles. The van der Waals surface area contributed by atoms with Gasteiger partial charge in [-0.3, -0.25) is 4.79 Å². The Balaban J connectivity index is 1.83. The number of nitrogens with zero attached hydrogens (tertiary/aromatic N) is 2. The van der Waals surface area contributed by atoms with Crippen LogP contribution >= 0.6 is 11.6 Å². The van der Waals surface area contributed by atoms with Crippen molar-refractivity contribution in [1.29, 1.82) is 0 Å². The van der Waals surface area contributed by atoms with Gasteiger partial charge in [0.15, 0.2) is 0 Å². The maximum absolute atomic E-state index is 13.1. The van der Waals surface area contributed by atoms with Crippen LogP contribution in [0.25, 0.3) is 0 Å². The molecular weight excluding hydrogens is 422 g/mol. The average Bonchev–Trinajstić information content (AvgIpc) is 2.70. The molecule has 0 spiro atoms. The average molecular weight is 450 g/mol. The van der Waals surface area contributed by atoms with Crippen molar-refractivity contribution in [3.8, 4) is 0 Å². The summed E-state index contributed by atoms with van der Waals surface area (Å²) < 4.78 is 27.6. The van der Waals surface area contributed by atoms with Crippen LogP contribution in [-0.2, 0) is 10.0 Å². The third-order valence-corrected chi connectivity index (χ3v) is 7.90. The summed E-state index contributed by atoms with van der Waals surface area (Å²) in [7, 11) is -1.81. The van der Waals surface area contributed by atoms with Crippen molar-refractivity contribution in [1.82, 2.24) is 14.5 Å². The molecule has 162 valence electrons. The number of hydrogen-bond donors (Lipinski definition) is 1. The standard InChI is InChI=1S/C22H28ClN3O3S/c1-15-5-6-16(2)19(13-15)17(3)24-22(27)18-7-8-20(23)21(14-18)30(28,29)26-11-9-25(4)10-12-26/h5-8,13-14,17H,9-12H2,1-4H3,(H,24,27)/t17-/m0/s1. The van der Waals surface area contributed by atoms with E-state index >= 15 is 0 Å². The lowest BCUT2D eigenvalue weighted by Gasteiger charge is -2.31. The molecule has 0 aromatic heterocycles. The molecule has 2 aromatic carbocycles. The number of sulfonamides is 1. The number of likely N-dealkylation sites (N-methyl/N-ethyl adjacent to an activating group) is 1. The highest BCUT2D eigenvalue weighted by Gasteiger charge is 2.30. The molecule has 0 saturated carbocycles. The fourth-order valence-electron chi connectivity index (χ4n) is 3.59. The van der Waals surface area contributed by atoms with Gasteiger partial charge in [0, 0.05) is 31.7 Å². The highest BCUT2D eigenvalue weighted by atomic mass is 35.5. The minimum Gasteiger partial charge on any atom is -0.346 e. The second-order valence-electron chi connectivity index (χ2n) is 7.91. The van der Waals surface area contributed by atoms with Crippen LogP contribution in [0.5, 0.6) is 0 Å². The Kier molecular flexibility index (Phi) is 6.87. The van der Waals surface area contributed by atoms with E-state index in [1.54, 1.807) is 6.07 Å². The van der Waals surface area contributed by atoms with Gasteiger partial charge in [-0.1, -0.05) is 35.4 Å². The molecule has 0 aliphatic carbocycles. The molecule has 1 amide bonds. The zero-order valence-electron chi connectivity index (χ0n) is 17.8. The summed E-state index contributed by atoms with van der Waals surface area (Å²) in [5, 5.41) is 3.09. The number of aryl methyl sites for hydroxylation is 2. The van der Waals surface area contributed by atoms with E-state index in [9.17, 15) is 13.2 Å². The topological polar surface area (TPSA) is 69.7 Å². The molecule has 1 heterocycles. The van der Waals surface area contributed by atoms with Crippen molar-refractivity contribution in [2.75, 3.05) is 33.2 Å². The number of nitrogens with one attached hydrogen (secondary N) is 1. The number of piperazine rings is 1. The Hall–Kier alpha value is -1.93. The van der Waals surface area contributed by atoms with Gasteiger partial charge in [-0.05, 0) is 57.1 Å². The van der Waals surface area contributed by atoms with Gasteiger partial charge in [0.25, 0.3) is 5.91 Å². The Morgan fingerprint density at radius 1 is 1.07 bits per heavy atom. The zero-order chi connectivity index (χ0) is 22.1. The van der Waals surface area contributed by atoms with Gasteiger partial charge in [0.1, 0.15) is 4.90 Å². The maximum Gasteiger partial charge on any atom is 0.251 e. The van der Waals surface area contributed by atoms with Crippen LogP contribution in [-0.4, -0.2) is 56.8 Å².